The lowest BCUT2D eigenvalue weighted by atomic mass is 10.2. The molecule has 1 N–H and O–H groups in total. The van der Waals surface area contributed by atoms with Crippen LogP contribution in [0.15, 0.2) is 58.1 Å². The third-order valence-electron chi connectivity index (χ3n) is 3.67. The minimum absolute atomic E-state index is 0.359. The van der Waals surface area contributed by atoms with E-state index in [4.69, 9.17) is 4.74 Å². The Morgan fingerprint density at radius 2 is 1.78 bits per heavy atom. The summed E-state index contributed by atoms with van der Waals surface area (Å²) < 4.78 is 31.5. The quantitative estimate of drug-likeness (QED) is 0.515. The predicted octanol–water partition coefficient (Wildman–Crippen LogP) is 2.76. The van der Waals surface area contributed by atoms with E-state index >= 15 is 0 Å². The predicted molar refractivity (Wildman–Crippen MR) is 110 cm³/mol. The minimum atomic E-state index is -3.69. The Morgan fingerprint density at radius 1 is 1.19 bits per heavy atom. The highest BCUT2D eigenvalue weighted by Gasteiger charge is 2.29. The largest absolute Gasteiger partial charge is 0.497 e. The molecule has 2 rings (SSSR count). The molecule has 27 heavy (non-hydrogen) atoms. The first-order valence-electron chi connectivity index (χ1n) is 7.94. The van der Waals surface area contributed by atoms with Crippen LogP contribution in [0.4, 0.5) is 5.69 Å². The molecule has 1 amide bonds. The van der Waals surface area contributed by atoms with E-state index in [0.717, 1.165) is 20.6 Å². The van der Waals surface area contributed by atoms with Gasteiger partial charge < -0.3 is 4.74 Å². The lowest BCUT2D eigenvalue weighted by Crippen LogP contribution is -2.46. The summed E-state index contributed by atoms with van der Waals surface area (Å²) in [7, 11) is -2.17. The summed E-state index contributed by atoms with van der Waals surface area (Å²) in [5, 5.41) is 3.90. The molecular weight excluding hydrogens is 434 g/mol. The maximum absolute atomic E-state index is 12.4. The van der Waals surface area contributed by atoms with Crippen LogP contribution in [0.25, 0.3) is 0 Å². The molecule has 0 radical (unpaired) electrons. The van der Waals surface area contributed by atoms with Crippen molar-refractivity contribution in [1.29, 1.82) is 0 Å². The third kappa shape index (κ3) is 5.80. The lowest BCUT2D eigenvalue weighted by Gasteiger charge is -2.27. The van der Waals surface area contributed by atoms with E-state index < -0.39 is 22.0 Å². The van der Waals surface area contributed by atoms with Gasteiger partial charge in [0.05, 0.1) is 25.3 Å². The van der Waals surface area contributed by atoms with E-state index in [2.05, 4.69) is 26.5 Å². The summed E-state index contributed by atoms with van der Waals surface area (Å²) in [6, 6.07) is 12.8. The standard InChI is InChI=1S/C18H20BrN3O4S/c1-13(18(23)21-20-12-14-4-6-15(19)7-5-14)22(27(3,24)25)16-8-10-17(26-2)11-9-16/h4-13H,1-3H3,(H,21,23)/b20-12-/t13-/m1/s1. The maximum atomic E-state index is 12.4. The van der Waals surface area contributed by atoms with Crippen LogP contribution in [-0.2, 0) is 14.8 Å². The molecule has 0 saturated carbocycles. The van der Waals surface area contributed by atoms with Crippen molar-refractivity contribution < 1.29 is 17.9 Å². The van der Waals surface area contributed by atoms with Crippen LogP contribution in [0.1, 0.15) is 12.5 Å². The highest BCUT2D eigenvalue weighted by Crippen LogP contribution is 2.23. The molecule has 2 aromatic rings. The molecule has 0 fully saturated rings. The maximum Gasteiger partial charge on any atom is 0.263 e. The third-order valence-corrected chi connectivity index (χ3v) is 5.44. The zero-order chi connectivity index (χ0) is 20.0. The molecule has 0 heterocycles. The fourth-order valence-corrected chi connectivity index (χ4v) is 3.79. The number of sulfonamides is 1. The van der Waals surface area contributed by atoms with Gasteiger partial charge in [0.2, 0.25) is 10.0 Å². The van der Waals surface area contributed by atoms with Gasteiger partial charge in [-0.2, -0.15) is 5.10 Å². The highest BCUT2D eigenvalue weighted by molar-refractivity contribution is 9.10. The van der Waals surface area contributed by atoms with Crippen LogP contribution in [0.3, 0.4) is 0 Å². The topological polar surface area (TPSA) is 88.1 Å². The molecule has 0 aliphatic heterocycles. The van der Waals surface area contributed by atoms with Gasteiger partial charge in [0.1, 0.15) is 11.8 Å². The van der Waals surface area contributed by atoms with Crippen molar-refractivity contribution in [1.82, 2.24) is 5.43 Å². The molecule has 144 valence electrons. The Bertz CT molecular complexity index is 913. The molecule has 0 unspecified atom stereocenters. The van der Waals surface area contributed by atoms with Crippen LogP contribution >= 0.6 is 15.9 Å². The molecule has 1 atom stereocenters. The van der Waals surface area contributed by atoms with Crippen LogP contribution in [0.5, 0.6) is 5.75 Å². The van der Waals surface area contributed by atoms with Gasteiger partial charge in [-0.3, -0.25) is 9.10 Å². The second-order valence-electron chi connectivity index (χ2n) is 5.72. The molecule has 0 bridgehead atoms. The first-order valence-corrected chi connectivity index (χ1v) is 10.6. The summed E-state index contributed by atoms with van der Waals surface area (Å²) in [4.78, 5) is 12.4. The number of amides is 1. The van der Waals surface area contributed by atoms with Crippen molar-refractivity contribution in [2.75, 3.05) is 17.7 Å². The Balaban J connectivity index is 2.15. The summed E-state index contributed by atoms with van der Waals surface area (Å²) in [6.07, 6.45) is 2.53. The molecule has 7 nitrogen and oxygen atoms in total. The average Bonchev–Trinajstić information content (AvgIpc) is 2.62. The van der Waals surface area contributed by atoms with E-state index in [0.29, 0.717) is 11.4 Å². The van der Waals surface area contributed by atoms with E-state index in [1.807, 2.05) is 24.3 Å². The normalized spacial score (nSPS) is 12.6. The Labute approximate surface area is 167 Å². The number of hydrogen-bond acceptors (Lipinski definition) is 5. The summed E-state index contributed by atoms with van der Waals surface area (Å²) in [6.45, 7) is 1.50. The number of carbonyl (C=O) groups is 1. The molecular formula is C18H20BrN3O4S. The van der Waals surface area contributed by atoms with E-state index in [-0.39, 0.29) is 0 Å². The number of anilines is 1. The first-order chi connectivity index (χ1) is 12.7. The van der Waals surface area contributed by atoms with Gasteiger partial charge in [-0.25, -0.2) is 13.8 Å². The second-order valence-corrected chi connectivity index (χ2v) is 8.49. The molecule has 9 heteroatoms. The number of ether oxygens (including phenoxy) is 1. The van der Waals surface area contributed by atoms with Crippen molar-refractivity contribution in [3.05, 3.63) is 58.6 Å². The van der Waals surface area contributed by atoms with E-state index in [1.54, 1.807) is 24.3 Å². The van der Waals surface area contributed by atoms with Crippen LogP contribution in [-0.4, -0.2) is 39.9 Å². The smallest absolute Gasteiger partial charge is 0.263 e. The van der Waals surface area contributed by atoms with E-state index in [1.165, 1.54) is 20.2 Å². The summed E-state index contributed by atoms with van der Waals surface area (Å²) >= 11 is 3.34. The van der Waals surface area contributed by atoms with Crippen molar-refractivity contribution in [2.24, 2.45) is 5.10 Å². The fraction of sp³-hybridized carbons (Fsp3) is 0.222. The lowest BCUT2D eigenvalue weighted by molar-refractivity contribution is -0.121. The second kappa shape index (κ2) is 9.01. The van der Waals surface area contributed by atoms with E-state index in [9.17, 15) is 13.2 Å². The van der Waals surface area contributed by atoms with Gasteiger partial charge in [0.25, 0.3) is 5.91 Å². The number of nitrogens with zero attached hydrogens (tertiary/aromatic N) is 2. The van der Waals surface area contributed by atoms with Crippen molar-refractivity contribution in [3.8, 4) is 5.75 Å². The molecule has 2 aromatic carbocycles. The first kappa shape index (κ1) is 20.9. The van der Waals surface area contributed by atoms with Crippen LogP contribution < -0.4 is 14.5 Å². The number of halogens is 1. The zero-order valence-corrected chi connectivity index (χ0v) is 17.5. The number of hydrogen-bond donors (Lipinski definition) is 1. The minimum Gasteiger partial charge on any atom is -0.497 e. The number of rotatable bonds is 7. The van der Waals surface area contributed by atoms with Gasteiger partial charge >= 0.3 is 0 Å². The van der Waals surface area contributed by atoms with Gasteiger partial charge in [0, 0.05) is 4.47 Å². The fourth-order valence-electron chi connectivity index (χ4n) is 2.35. The van der Waals surface area contributed by atoms with Gasteiger partial charge in [-0.05, 0) is 48.9 Å². The molecule has 0 spiro atoms. The van der Waals surface area contributed by atoms with Gasteiger partial charge in [-0.1, -0.05) is 28.1 Å². The Kier molecular flexibility index (Phi) is 6.98. The number of nitrogens with one attached hydrogen (secondary N) is 1. The van der Waals surface area contributed by atoms with Crippen molar-refractivity contribution in [3.63, 3.8) is 0 Å². The van der Waals surface area contributed by atoms with Crippen molar-refractivity contribution >= 4 is 43.8 Å². The molecule has 0 aromatic heterocycles. The Hall–Kier alpha value is -2.39. The number of benzene rings is 2. The van der Waals surface area contributed by atoms with Crippen molar-refractivity contribution in [2.45, 2.75) is 13.0 Å². The summed E-state index contributed by atoms with van der Waals surface area (Å²) in [5.41, 5.74) is 3.53. The molecule has 0 aliphatic rings. The SMILES string of the molecule is COc1ccc(N([C@H](C)C(=O)N/N=C\c2ccc(Br)cc2)S(C)(=O)=O)cc1. The highest BCUT2D eigenvalue weighted by atomic mass is 79.9. The zero-order valence-electron chi connectivity index (χ0n) is 15.1. The van der Waals surface area contributed by atoms with Crippen LogP contribution in [0, 0.1) is 0 Å². The Morgan fingerprint density at radius 3 is 2.30 bits per heavy atom. The monoisotopic (exact) mass is 453 g/mol. The van der Waals surface area contributed by atoms with Crippen LogP contribution in [0.2, 0.25) is 0 Å². The average molecular weight is 454 g/mol. The number of hydrazone groups is 1. The number of carbonyl (C=O) groups excluding carboxylic acids is 1. The molecule has 0 aliphatic carbocycles. The molecule has 0 saturated heterocycles. The number of methoxy groups -OCH3 is 1. The van der Waals surface area contributed by atoms with Gasteiger partial charge in [0.15, 0.2) is 0 Å². The summed E-state index contributed by atoms with van der Waals surface area (Å²) in [5.74, 6) is 0.0352. The van der Waals surface area contributed by atoms with Gasteiger partial charge in [-0.15, -0.1) is 0 Å².